The van der Waals surface area contributed by atoms with Crippen molar-refractivity contribution >= 4 is 0 Å². The van der Waals surface area contributed by atoms with E-state index in [1.54, 1.807) is 0 Å². The Morgan fingerprint density at radius 3 is 2.72 bits per heavy atom. The maximum Gasteiger partial charge on any atom is 0.0613 e. The van der Waals surface area contributed by atoms with Gasteiger partial charge in [0.05, 0.1) is 6.61 Å². The zero-order chi connectivity index (χ0) is 13.6. The van der Waals surface area contributed by atoms with Crippen LogP contribution in [0.1, 0.15) is 52.9 Å². The first-order valence-electron chi connectivity index (χ1n) is 7.59. The van der Waals surface area contributed by atoms with E-state index >= 15 is 0 Å². The summed E-state index contributed by atoms with van der Waals surface area (Å²) in [7, 11) is 2.24. The van der Waals surface area contributed by atoms with Gasteiger partial charge in [-0.25, -0.2) is 0 Å². The Balaban J connectivity index is 2.51. The lowest BCUT2D eigenvalue weighted by Crippen LogP contribution is -2.55. The van der Waals surface area contributed by atoms with E-state index in [1.807, 2.05) is 0 Å². The second-order valence-corrected chi connectivity index (χ2v) is 6.38. The third kappa shape index (κ3) is 4.52. The molecule has 0 aromatic heterocycles. The van der Waals surface area contributed by atoms with Crippen LogP contribution >= 0.6 is 0 Å². The lowest BCUT2D eigenvalue weighted by Gasteiger charge is -2.43. The van der Waals surface area contributed by atoms with Crippen molar-refractivity contribution in [1.82, 2.24) is 10.2 Å². The Morgan fingerprint density at radius 1 is 1.44 bits per heavy atom. The summed E-state index contributed by atoms with van der Waals surface area (Å²) >= 11 is 0. The van der Waals surface area contributed by atoms with Crippen LogP contribution in [-0.4, -0.2) is 48.3 Å². The molecule has 0 aromatic carbocycles. The number of nitrogens with one attached hydrogen (secondary N) is 1. The van der Waals surface area contributed by atoms with Crippen molar-refractivity contribution in [2.75, 3.05) is 26.7 Å². The lowest BCUT2D eigenvalue weighted by molar-refractivity contribution is 0.0692. The Bertz CT molecular complexity index is 229. The highest BCUT2D eigenvalue weighted by molar-refractivity contribution is 4.95. The molecule has 0 amide bonds. The van der Waals surface area contributed by atoms with Crippen LogP contribution in [0.15, 0.2) is 0 Å². The monoisotopic (exact) mass is 256 g/mol. The molecule has 0 heterocycles. The topological polar surface area (TPSA) is 35.5 Å². The third-order valence-electron chi connectivity index (χ3n) is 4.36. The quantitative estimate of drug-likeness (QED) is 0.733. The van der Waals surface area contributed by atoms with E-state index in [2.05, 4.69) is 38.0 Å². The predicted molar refractivity (Wildman–Crippen MR) is 77.8 cm³/mol. The Morgan fingerprint density at radius 2 is 2.17 bits per heavy atom. The third-order valence-corrected chi connectivity index (χ3v) is 4.36. The normalized spacial score (nSPS) is 29.2. The molecular weight excluding hydrogens is 224 g/mol. The summed E-state index contributed by atoms with van der Waals surface area (Å²) in [5, 5.41) is 13.2. The van der Waals surface area contributed by atoms with Crippen molar-refractivity contribution in [2.45, 2.75) is 64.5 Å². The van der Waals surface area contributed by atoms with Gasteiger partial charge < -0.3 is 15.3 Å². The SMILES string of the molecule is CCNC1(CO)CCCC(N(C)CCC(C)C)C1. The van der Waals surface area contributed by atoms with Crippen molar-refractivity contribution in [1.29, 1.82) is 0 Å². The first kappa shape index (κ1) is 15.9. The number of aliphatic hydroxyl groups is 1. The first-order chi connectivity index (χ1) is 8.53. The van der Waals surface area contributed by atoms with Crippen molar-refractivity contribution in [3.8, 4) is 0 Å². The molecule has 0 radical (unpaired) electrons. The molecule has 0 saturated heterocycles. The molecule has 1 aliphatic rings. The molecule has 108 valence electrons. The van der Waals surface area contributed by atoms with E-state index in [9.17, 15) is 5.11 Å². The van der Waals surface area contributed by atoms with Crippen LogP contribution in [0.2, 0.25) is 0 Å². The molecular formula is C15H32N2O. The number of nitrogens with zero attached hydrogens (tertiary/aromatic N) is 1. The molecule has 1 rings (SSSR count). The van der Waals surface area contributed by atoms with Crippen molar-refractivity contribution in [3.05, 3.63) is 0 Å². The Hall–Kier alpha value is -0.120. The summed E-state index contributed by atoms with van der Waals surface area (Å²) in [5.41, 5.74) is -0.0241. The summed E-state index contributed by atoms with van der Waals surface area (Å²) in [6, 6.07) is 0.628. The van der Waals surface area contributed by atoms with E-state index < -0.39 is 0 Å². The van der Waals surface area contributed by atoms with Gasteiger partial charge in [0, 0.05) is 11.6 Å². The second kappa shape index (κ2) is 7.46. The van der Waals surface area contributed by atoms with E-state index in [4.69, 9.17) is 0 Å². The van der Waals surface area contributed by atoms with E-state index in [-0.39, 0.29) is 12.1 Å². The minimum absolute atomic E-state index is 0.0241. The zero-order valence-electron chi connectivity index (χ0n) is 12.7. The van der Waals surface area contributed by atoms with E-state index in [1.165, 1.54) is 25.8 Å². The van der Waals surface area contributed by atoms with Gasteiger partial charge >= 0.3 is 0 Å². The van der Waals surface area contributed by atoms with Crippen LogP contribution in [0, 0.1) is 5.92 Å². The van der Waals surface area contributed by atoms with Gasteiger partial charge in [0.2, 0.25) is 0 Å². The molecule has 0 spiro atoms. The highest BCUT2D eigenvalue weighted by atomic mass is 16.3. The Kier molecular flexibility index (Phi) is 6.61. The molecule has 0 aliphatic heterocycles. The minimum atomic E-state index is -0.0241. The van der Waals surface area contributed by atoms with Crippen LogP contribution in [0.4, 0.5) is 0 Å². The van der Waals surface area contributed by atoms with Gasteiger partial charge in [-0.05, 0) is 58.2 Å². The van der Waals surface area contributed by atoms with Gasteiger partial charge in [-0.2, -0.15) is 0 Å². The van der Waals surface area contributed by atoms with Gasteiger partial charge in [-0.3, -0.25) is 0 Å². The van der Waals surface area contributed by atoms with E-state index in [0.29, 0.717) is 6.04 Å². The van der Waals surface area contributed by atoms with E-state index in [0.717, 1.165) is 25.3 Å². The number of rotatable bonds is 7. The summed E-state index contributed by atoms with van der Waals surface area (Å²) < 4.78 is 0. The number of hydrogen-bond donors (Lipinski definition) is 2. The fraction of sp³-hybridized carbons (Fsp3) is 1.00. The molecule has 1 saturated carbocycles. The van der Waals surface area contributed by atoms with Crippen molar-refractivity contribution < 1.29 is 5.11 Å². The molecule has 1 fully saturated rings. The highest BCUT2D eigenvalue weighted by Gasteiger charge is 2.36. The first-order valence-corrected chi connectivity index (χ1v) is 7.59. The average molecular weight is 256 g/mol. The maximum atomic E-state index is 9.71. The lowest BCUT2D eigenvalue weighted by atomic mass is 9.79. The van der Waals surface area contributed by atoms with Gasteiger partial charge in [0.1, 0.15) is 0 Å². The summed E-state index contributed by atoms with van der Waals surface area (Å²) in [4.78, 5) is 2.50. The van der Waals surface area contributed by atoms with Gasteiger partial charge in [-0.15, -0.1) is 0 Å². The standard InChI is InChI=1S/C15H32N2O/c1-5-16-15(12-18)9-6-7-14(11-15)17(4)10-8-13(2)3/h13-14,16,18H,5-12H2,1-4H3. The zero-order valence-corrected chi connectivity index (χ0v) is 12.7. The summed E-state index contributed by atoms with van der Waals surface area (Å²) in [6.07, 6.45) is 5.98. The molecule has 2 N–H and O–H groups in total. The van der Waals surface area contributed by atoms with Crippen LogP contribution in [-0.2, 0) is 0 Å². The largest absolute Gasteiger partial charge is 0.394 e. The highest BCUT2D eigenvalue weighted by Crippen LogP contribution is 2.30. The minimum Gasteiger partial charge on any atom is -0.394 e. The molecule has 18 heavy (non-hydrogen) atoms. The summed E-state index contributed by atoms with van der Waals surface area (Å²) in [6.45, 7) is 9.09. The van der Waals surface area contributed by atoms with Crippen molar-refractivity contribution in [3.63, 3.8) is 0 Å². The smallest absolute Gasteiger partial charge is 0.0613 e. The predicted octanol–water partition coefficient (Wildman–Crippen LogP) is 2.25. The van der Waals surface area contributed by atoms with Crippen LogP contribution < -0.4 is 5.32 Å². The fourth-order valence-electron chi connectivity index (χ4n) is 3.09. The molecule has 0 aromatic rings. The molecule has 2 unspecified atom stereocenters. The van der Waals surface area contributed by atoms with Crippen LogP contribution in [0.5, 0.6) is 0 Å². The molecule has 3 nitrogen and oxygen atoms in total. The van der Waals surface area contributed by atoms with Gasteiger partial charge in [-0.1, -0.05) is 20.8 Å². The molecule has 3 heteroatoms. The van der Waals surface area contributed by atoms with Crippen LogP contribution in [0.3, 0.4) is 0 Å². The Labute approximate surface area is 113 Å². The molecule has 2 atom stereocenters. The maximum absolute atomic E-state index is 9.71. The summed E-state index contributed by atoms with van der Waals surface area (Å²) in [5.74, 6) is 0.771. The number of likely N-dealkylation sites (N-methyl/N-ethyl adjacent to an activating group) is 1. The van der Waals surface area contributed by atoms with Gasteiger partial charge in [0.25, 0.3) is 0 Å². The number of hydrogen-bond acceptors (Lipinski definition) is 3. The molecule has 1 aliphatic carbocycles. The molecule has 0 bridgehead atoms. The number of aliphatic hydroxyl groups excluding tert-OH is 1. The fourth-order valence-corrected chi connectivity index (χ4v) is 3.09. The van der Waals surface area contributed by atoms with Gasteiger partial charge in [0.15, 0.2) is 0 Å². The van der Waals surface area contributed by atoms with Crippen LogP contribution in [0.25, 0.3) is 0 Å². The second-order valence-electron chi connectivity index (χ2n) is 6.38. The average Bonchev–Trinajstić information content (AvgIpc) is 2.36. The van der Waals surface area contributed by atoms with Crippen molar-refractivity contribution in [2.24, 2.45) is 5.92 Å².